The summed E-state index contributed by atoms with van der Waals surface area (Å²) in [4.78, 5) is 3.78. The van der Waals surface area contributed by atoms with Gasteiger partial charge in [-0.05, 0) is 12.1 Å². The minimum absolute atomic E-state index is 0.0567. The highest BCUT2D eigenvalue weighted by atomic mass is 35.5. The number of nitrogens with two attached hydrogens (primary N) is 1. The zero-order chi connectivity index (χ0) is 11.7. The van der Waals surface area contributed by atoms with Crippen LogP contribution in [0.15, 0.2) is 16.7 Å². The van der Waals surface area contributed by atoms with Gasteiger partial charge in [0.25, 0.3) is 5.89 Å². The van der Waals surface area contributed by atoms with Crippen molar-refractivity contribution in [2.45, 2.75) is 6.54 Å². The van der Waals surface area contributed by atoms with Gasteiger partial charge in [-0.1, -0.05) is 16.8 Å². The number of halogens is 3. The molecule has 0 fully saturated rings. The molecule has 2 N–H and O–H groups in total. The third kappa shape index (κ3) is 1.89. The van der Waals surface area contributed by atoms with E-state index in [2.05, 4.69) is 10.1 Å². The predicted octanol–water partition coefficient (Wildman–Crippen LogP) is 2.13. The number of hydrogen-bond donors (Lipinski definition) is 1. The number of aromatic nitrogens is 2. The molecule has 1 aromatic heterocycles. The molecule has 0 aliphatic rings. The lowest BCUT2D eigenvalue weighted by atomic mass is 10.2. The molecule has 0 bridgehead atoms. The van der Waals surface area contributed by atoms with Crippen LogP contribution in [0.25, 0.3) is 11.5 Å². The molecule has 2 aromatic rings. The van der Waals surface area contributed by atoms with Crippen molar-refractivity contribution in [3.63, 3.8) is 0 Å². The molecule has 1 aromatic carbocycles. The summed E-state index contributed by atoms with van der Waals surface area (Å²) in [6.07, 6.45) is 0. The van der Waals surface area contributed by atoms with Gasteiger partial charge in [-0.15, -0.1) is 0 Å². The Labute approximate surface area is 94.0 Å². The zero-order valence-electron chi connectivity index (χ0n) is 7.88. The van der Waals surface area contributed by atoms with Crippen molar-refractivity contribution >= 4 is 11.6 Å². The molecule has 0 spiro atoms. The maximum Gasteiger partial charge on any atom is 0.261 e. The fraction of sp³-hybridized carbons (Fsp3) is 0.111. The predicted molar refractivity (Wildman–Crippen MR) is 52.6 cm³/mol. The monoisotopic (exact) mass is 245 g/mol. The Morgan fingerprint density at radius 3 is 2.69 bits per heavy atom. The van der Waals surface area contributed by atoms with Gasteiger partial charge in [0, 0.05) is 0 Å². The number of rotatable bonds is 2. The minimum atomic E-state index is -0.759. The molecule has 0 amide bonds. The molecule has 84 valence electrons. The van der Waals surface area contributed by atoms with E-state index in [1.54, 1.807) is 0 Å². The van der Waals surface area contributed by atoms with E-state index in [1.165, 1.54) is 0 Å². The van der Waals surface area contributed by atoms with Crippen LogP contribution in [-0.2, 0) is 6.54 Å². The van der Waals surface area contributed by atoms with Gasteiger partial charge in [0.15, 0.2) is 5.82 Å². The number of nitrogens with zero attached hydrogens (tertiary/aromatic N) is 2. The van der Waals surface area contributed by atoms with Gasteiger partial charge in [0.05, 0.1) is 17.1 Å². The van der Waals surface area contributed by atoms with E-state index in [0.29, 0.717) is 0 Å². The average Bonchev–Trinajstić information content (AvgIpc) is 2.71. The van der Waals surface area contributed by atoms with E-state index in [9.17, 15) is 8.78 Å². The van der Waals surface area contributed by atoms with Crippen molar-refractivity contribution in [1.82, 2.24) is 10.1 Å². The molecule has 1 heterocycles. The van der Waals surface area contributed by atoms with Crippen molar-refractivity contribution in [1.29, 1.82) is 0 Å². The second-order valence-electron chi connectivity index (χ2n) is 2.97. The molecule has 0 aliphatic carbocycles. The first-order valence-electron chi connectivity index (χ1n) is 4.29. The Morgan fingerprint density at radius 2 is 2.06 bits per heavy atom. The Kier molecular flexibility index (Phi) is 2.84. The standard InChI is InChI=1S/C9H6ClF2N3O/c10-5-2-6(11)4(1-7(5)12)9-14-8(3-13)15-16-9/h1-2H,3,13H2. The Hall–Kier alpha value is -1.53. The van der Waals surface area contributed by atoms with Crippen molar-refractivity contribution < 1.29 is 13.3 Å². The van der Waals surface area contributed by atoms with Gasteiger partial charge in [-0.25, -0.2) is 8.78 Å². The van der Waals surface area contributed by atoms with Gasteiger partial charge < -0.3 is 10.3 Å². The molecule has 0 saturated heterocycles. The molecule has 16 heavy (non-hydrogen) atoms. The quantitative estimate of drug-likeness (QED) is 0.823. The molecule has 0 unspecified atom stereocenters. The second-order valence-corrected chi connectivity index (χ2v) is 3.37. The van der Waals surface area contributed by atoms with Gasteiger partial charge in [0.2, 0.25) is 0 Å². The lowest BCUT2D eigenvalue weighted by molar-refractivity contribution is 0.420. The van der Waals surface area contributed by atoms with Crippen LogP contribution in [0.5, 0.6) is 0 Å². The van der Waals surface area contributed by atoms with E-state index in [0.717, 1.165) is 12.1 Å². The third-order valence-corrected chi connectivity index (χ3v) is 2.18. The summed E-state index contributed by atoms with van der Waals surface area (Å²) < 4.78 is 31.3. The Bertz CT molecular complexity index is 529. The summed E-state index contributed by atoms with van der Waals surface area (Å²) in [6, 6.07) is 1.74. The van der Waals surface area contributed by atoms with Crippen LogP contribution < -0.4 is 5.73 Å². The molecule has 4 nitrogen and oxygen atoms in total. The number of benzene rings is 1. The van der Waals surface area contributed by atoms with Crippen LogP contribution in [0.3, 0.4) is 0 Å². The third-order valence-electron chi connectivity index (χ3n) is 1.89. The largest absolute Gasteiger partial charge is 0.334 e. The average molecular weight is 246 g/mol. The summed E-state index contributed by atoms with van der Waals surface area (Å²) in [6.45, 7) is 0.0567. The van der Waals surface area contributed by atoms with Crippen LogP contribution >= 0.6 is 11.6 Å². The van der Waals surface area contributed by atoms with E-state index >= 15 is 0 Å². The van der Waals surface area contributed by atoms with Gasteiger partial charge in [-0.2, -0.15) is 4.98 Å². The fourth-order valence-electron chi connectivity index (χ4n) is 1.13. The molecular weight excluding hydrogens is 240 g/mol. The van der Waals surface area contributed by atoms with Crippen LogP contribution in [0.4, 0.5) is 8.78 Å². The van der Waals surface area contributed by atoms with Crippen molar-refractivity contribution in [2.24, 2.45) is 5.73 Å². The molecule has 0 radical (unpaired) electrons. The SMILES string of the molecule is NCc1noc(-c2cc(F)c(Cl)cc2F)n1. The van der Waals surface area contributed by atoms with Gasteiger partial charge in [-0.3, -0.25) is 0 Å². The van der Waals surface area contributed by atoms with Crippen molar-refractivity contribution in [2.75, 3.05) is 0 Å². The minimum Gasteiger partial charge on any atom is -0.334 e. The highest BCUT2D eigenvalue weighted by Crippen LogP contribution is 2.26. The van der Waals surface area contributed by atoms with E-state index in [-0.39, 0.29) is 28.8 Å². The first-order chi connectivity index (χ1) is 7.61. The Balaban J connectivity index is 2.51. The Morgan fingerprint density at radius 1 is 1.31 bits per heavy atom. The lowest BCUT2D eigenvalue weighted by Gasteiger charge is -1.99. The van der Waals surface area contributed by atoms with Crippen molar-refractivity contribution in [3.8, 4) is 11.5 Å². The summed E-state index contributed by atoms with van der Waals surface area (Å²) in [5.41, 5.74) is 5.12. The lowest BCUT2D eigenvalue weighted by Crippen LogP contribution is -1.98. The molecule has 0 atom stereocenters. The first kappa shape index (κ1) is 11.0. The molecule has 2 rings (SSSR count). The number of hydrogen-bond acceptors (Lipinski definition) is 4. The highest BCUT2D eigenvalue weighted by molar-refractivity contribution is 6.30. The molecule has 0 aliphatic heterocycles. The summed E-state index contributed by atoms with van der Waals surface area (Å²) in [5.74, 6) is -1.41. The summed E-state index contributed by atoms with van der Waals surface area (Å²) in [7, 11) is 0. The van der Waals surface area contributed by atoms with Crippen LogP contribution in [0.1, 0.15) is 5.82 Å². The van der Waals surface area contributed by atoms with E-state index in [1.807, 2.05) is 0 Å². The fourth-order valence-corrected chi connectivity index (χ4v) is 1.28. The highest BCUT2D eigenvalue weighted by Gasteiger charge is 2.15. The second kappa shape index (κ2) is 4.15. The zero-order valence-corrected chi connectivity index (χ0v) is 8.63. The van der Waals surface area contributed by atoms with Crippen LogP contribution in [0, 0.1) is 11.6 Å². The van der Waals surface area contributed by atoms with E-state index < -0.39 is 11.6 Å². The first-order valence-corrected chi connectivity index (χ1v) is 4.67. The van der Waals surface area contributed by atoms with Gasteiger partial charge in [0.1, 0.15) is 11.6 Å². The van der Waals surface area contributed by atoms with Crippen molar-refractivity contribution in [3.05, 3.63) is 34.6 Å². The van der Waals surface area contributed by atoms with Crippen LogP contribution in [0.2, 0.25) is 5.02 Å². The van der Waals surface area contributed by atoms with Gasteiger partial charge >= 0.3 is 0 Å². The maximum atomic E-state index is 13.4. The summed E-state index contributed by atoms with van der Waals surface area (Å²) >= 11 is 5.40. The molecule has 7 heteroatoms. The normalized spacial score (nSPS) is 10.8. The van der Waals surface area contributed by atoms with E-state index in [4.69, 9.17) is 21.9 Å². The van der Waals surface area contributed by atoms with Crippen LogP contribution in [-0.4, -0.2) is 10.1 Å². The topological polar surface area (TPSA) is 64.9 Å². The maximum absolute atomic E-state index is 13.4. The molecule has 0 saturated carbocycles. The smallest absolute Gasteiger partial charge is 0.261 e. The molecular formula is C9H6ClF2N3O. The summed E-state index contributed by atoms with van der Waals surface area (Å²) in [5, 5.41) is 3.17.